The molecule has 2 aromatic carbocycles. The molecular weight excluding hydrogens is 334 g/mol. The monoisotopic (exact) mass is 351 g/mol. The van der Waals surface area contributed by atoms with E-state index in [1.165, 1.54) is 22.9 Å². The fourth-order valence-electron chi connectivity index (χ4n) is 3.11. The Morgan fingerprint density at radius 1 is 1.08 bits per heavy atom. The van der Waals surface area contributed by atoms with E-state index in [2.05, 4.69) is 0 Å². The Morgan fingerprint density at radius 3 is 2.31 bits per heavy atom. The van der Waals surface area contributed by atoms with Crippen LogP contribution in [0, 0.1) is 17.0 Å². The Labute approximate surface area is 149 Å². The minimum Gasteiger partial charge on any atom is -0.316 e. The number of hydrogen-bond acceptors (Lipinski definition) is 5. The lowest BCUT2D eigenvalue weighted by atomic mass is 9.96. The number of nitro groups is 1. The zero-order chi connectivity index (χ0) is 19.0. The van der Waals surface area contributed by atoms with Crippen molar-refractivity contribution in [2.45, 2.75) is 6.92 Å². The normalized spacial score (nSPS) is 10.7. The first-order valence-electron chi connectivity index (χ1n) is 7.94. The largest absolute Gasteiger partial charge is 0.316 e. The van der Waals surface area contributed by atoms with Gasteiger partial charge in [-0.1, -0.05) is 30.3 Å². The summed E-state index contributed by atoms with van der Waals surface area (Å²) >= 11 is 0. The molecule has 1 aromatic heterocycles. The number of rotatable bonds is 4. The maximum atomic E-state index is 13.1. The first-order chi connectivity index (χ1) is 12.3. The summed E-state index contributed by atoms with van der Waals surface area (Å²) in [5.74, 6) is -0.238. The summed E-state index contributed by atoms with van der Waals surface area (Å²) in [6.45, 7) is 1.69. The van der Waals surface area contributed by atoms with E-state index in [1.54, 1.807) is 50.3 Å². The summed E-state index contributed by atoms with van der Waals surface area (Å²) in [6, 6.07) is 12.7. The maximum absolute atomic E-state index is 13.1. The van der Waals surface area contributed by atoms with Crippen molar-refractivity contribution in [3.8, 4) is 0 Å². The predicted octanol–water partition coefficient (Wildman–Crippen LogP) is 2.65. The Hall–Kier alpha value is -3.48. The van der Waals surface area contributed by atoms with Crippen LogP contribution in [0.1, 0.15) is 21.6 Å². The molecule has 7 nitrogen and oxygen atoms in total. The van der Waals surface area contributed by atoms with Crippen LogP contribution in [0.2, 0.25) is 0 Å². The van der Waals surface area contributed by atoms with Crippen LogP contribution in [-0.4, -0.2) is 29.5 Å². The summed E-state index contributed by atoms with van der Waals surface area (Å²) in [5.41, 5.74) is 0.724. The fourth-order valence-corrected chi connectivity index (χ4v) is 3.11. The molecule has 3 rings (SSSR count). The molecular formula is C19H17N3O4. The summed E-state index contributed by atoms with van der Waals surface area (Å²) < 4.78 is 1.35. The molecule has 0 aliphatic rings. The molecule has 0 unspecified atom stereocenters. The summed E-state index contributed by atoms with van der Waals surface area (Å²) in [5, 5.41) is 13.2. The fraction of sp³-hybridized carbons (Fsp3) is 0.158. The third-order valence-electron chi connectivity index (χ3n) is 4.25. The Balaban J connectivity index is 2.43. The maximum Gasteiger partial charge on any atom is 0.277 e. The van der Waals surface area contributed by atoms with Gasteiger partial charge in [-0.05, 0) is 13.0 Å². The topological polar surface area (TPSA) is 85.5 Å². The average Bonchev–Trinajstić information content (AvgIpc) is 2.61. The smallest absolute Gasteiger partial charge is 0.277 e. The molecule has 3 aromatic rings. The molecule has 0 radical (unpaired) electrons. The summed E-state index contributed by atoms with van der Waals surface area (Å²) in [7, 11) is 3.35. The van der Waals surface area contributed by atoms with Gasteiger partial charge < -0.3 is 5.01 Å². The van der Waals surface area contributed by atoms with E-state index in [0.717, 1.165) is 0 Å². The van der Waals surface area contributed by atoms with Gasteiger partial charge in [-0.2, -0.15) is 0 Å². The van der Waals surface area contributed by atoms with Crippen molar-refractivity contribution >= 4 is 22.2 Å². The van der Waals surface area contributed by atoms with Crippen LogP contribution in [0.15, 0.2) is 53.3 Å². The second-order valence-corrected chi connectivity index (χ2v) is 6.11. The number of nitro benzene ring substituents is 1. The molecule has 0 saturated heterocycles. The van der Waals surface area contributed by atoms with Crippen molar-refractivity contribution in [3.05, 3.63) is 85.8 Å². The Morgan fingerprint density at radius 2 is 1.73 bits per heavy atom. The zero-order valence-electron chi connectivity index (χ0n) is 14.6. The minimum atomic E-state index is -0.558. The number of ketones is 1. The van der Waals surface area contributed by atoms with Crippen LogP contribution in [-0.2, 0) is 0 Å². The van der Waals surface area contributed by atoms with Crippen LogP contribution in [0.4, 0.5) is 5.69 Å². The van der Waals surface area contributed by atoms with E-state index in [1.807, 2.05) is 6.07 Å². The van der Waals surface area contributed by atoms with E-state index in [0.29, 0.717) is 22.2 Å². The van der Waals surface area contributed by atoms with Crippen LogP contribution < -0.4 is 10.6 Å². The standard InChI is InChI=1S/C19H17N3O4/c1-12-17(18(23)13-7-5-4-6-8-13)15-10-9-14(22(25)26)11-16(15)19(24)21(12)20(2)3/h4-11H,1-3H3. The van der Waals surface area contributed by atoms with Gasteiger partial charge in [0.25, 0.3) is 11.2 Å². The van der Waals surface area contributed by atoms with E-state index >= 15 is 0 Å². The van der Waals surface area contributed by atoms with Gasteiger partial charge in [0.15, 0.2) is 5.78 Å². The molecule has 0 aliphatic heterocycles. The zero-order valence-corrected chi connectivity index (χ0v) is 14.6. The number of aromatic nitrogens is 1. The lowest BCUT2D eigenvalue weighted by molar-refractivity contribution is -0.384. The SMILES string of the molecule is Cc1c(C(=O)c2ccccc2)c2ccc([N+](=O)[O-])cc2c(=O)n1N(C)C. The third-order valence-corrected chi connectivity index (χ3v) is 4.25. The first kappa shape index (κ1) is 17.3. The Bertz CT molecular complexity index is 1090. The van der Waals surface area contributed by atoms with E-state index in [-0.39, 0.29) is 16.9 Å². The van der Waals surface area contributed by atoms with E-state index in [4.69, 9.17) is 0 Å². The van der Waals surface area contributed by atoms with Gasteiger partial charge in [0.2, 0.25) is 0 Å². The quantitative estimate of drug-likeness (QED) is 0.410. The van der Waals surface area contributed by atoms with Gasteiger partial charge in [-0.25, -0.2) is 4.68 Å². The van der Waals surface area contributed by atoms with E-state index in [9.17, 15) is 19.7 Å². The molecule has 0 spiro atoms. The van der Waals surface area contributed by atoms with Crippen molar-refractivity contribution in [2.24, 2.45) is 0 Å². The number of pyridine rings is 1. The van der Waals surface area contributed by atoms with Gasteiger partial charge in [-0.3, -0.25) is 19.7 Å². The van der Waals surface area contributed by atoms with Gasteiger partial charge in [-0.15, -0.1) is 0 Å². The van der Waals surface area contributed by atoms with Crippen LogP contribution in [0.5, 0.6) is 0 Å². The number of nitrogens with zero attached hydrogens (tertiary/aromatic N) is 3. The number of carbonyl (C=O) groups is 1. The molecule has 132 valence electrons. The van der Waals surface area contributed by atoms with Crippen LogP contribution in [0.3, 0.4) is 0 Å². The van der Waals surface area contributed by atoms with Gasteiger partial charge >= 0.3 is 0 Å². The summed E-state index contributed by atoms with van der Waals surface area (Å²) in [4.78, 5) is 36.5. The number of non-ortho nitro benzene ring substituents is 1. The number of fused-ring (bicyclic) bond motifs is 1. The first-order valence-corrected chi connectivity index (χ1v) is 7.94. The number of hydrogen-bond donors (Lipinski definition) is 0. The van der Waals surface area contributed by atoms with Crippen molar-refractivity contribution in [1.29, 1.82) is 0 Å². The van der Waals surface area contributed by atoms with Crippen molar-refractivity contribution in [2.75, 3.05) is 19.1 Å². The lowest BCUT2D eigenvalue weighted by Crippen LogP contribution is -2.39. The average molecular weight is 351 g/mol. The second kappa shape index (κ2) is 6.44. The third kappa shape index (κ3) is 2.73. The highest BCUT2D eigenvalue weighted by atomic mass is 16.6. The van der Waals surface area contributed by atoms with E-state index < -0.39 is 10.5 Å². The molecule has 0 atom stereocenters. The van der Waals surface area contributed by atoms with Gasteiger partial charge in [0, 0.05) is 37.2 Å². The highest BCUT2D eigenvalue weighted by Gasteiger charge is 2.22. The number of benzene rings is 2. The lowest BCUT2D eigenvalue weighted by Gasteiger charge is -2.22. The van der Waals surface area contributed by atoms with Crippen molar-refractivity contribution in [1.82, 2.24) is 4.68 Å². The molecule has 7 heteroatoms. The molecule has 1 heterocycles. The molecule has 0 aliphatic carbocycles. The minimum absolute atomic E-state index is 0.137. The Kier molecular flexibility index (Phi) is 4.29. The molecule has 0 amide bonds. The second-order valence-electron chi connectivity index (χ2n) is 6.11. The van der Waals surface area contributed by atoms with Crippen LogP contribution in [0.25, 0.3) is 10.8 Å². The van der Waals surface area contributed by atoms with Crippen LogP contribution >= 0.6 is 0 Å². The highest BCUT2D eigenvalue weighted by molar-refractivity contribution is 6.17. The molecule has 0 N–H and O–H groups in total. The van der Waals surface area contributed by atoms with Gasteiger partial charge in [0.05, 0.1) is 21.6 Å². The predicted molar refractivity (Wildman–Crippen MR) is 99.5 cm³/mol. The van der Waals surface area contributed by atoms with Gasteiger partial charge in [0.1, 0.15) is 0 Å². The molecule has 0 bridgehead atoms. The van der Waals surface area contributed by atoms with Crippen molar-refractivity contribution in [3.63, 3.8) is 0 Å². The highest BCUT2D eigenvalue weighted by Crippen LogP contribution is 2.26. The number of carbonyl (C=O) groups excluding carboxylic acids is 1. The summed E-state index contributed by atoms with van der Waals surface area (Å²) in [6.07, 6.45) is 0. The van der Waals surface area contributed by atoms with Crippen molar-refractivity contribution < 1.29 is 9.72 Å². The molecule has 0 saturated carbocycles. The molecule has 26 heavy (non-hydrogen) atoms. The molecule has 0 fully saturated rings.